The predicted molar refractivity (Wildman–Crippen MR) is 103 cm³/mol. The second-order valence-electron chi connectivity index (χ2n) is 6.11. The van der Waals surface area contributed by atoms with E-state index >= 15 is 0 Å². The summed E-state index contributed by atoms with van der Waals surface area (Å²) in [5.41, 5.74) is 2.90. The van der Waals surface area contributed by atoms with Crippen molar-refractivity contribution >= 4 is 17.7 Å². The van der Waals surface area contributed by atoms with Gasteiger partial charge in [-0.1, -0.05) is 48.5 Å². The van der Waals surface area contributed by atoms with Crippen molar-refractivity contribution in [2.75, 3.05) is 5.75 Å². The lowest BCUT2D eigenvalue weighted by atomic mass is 10.0. The van der Waals surface area contributed by atoms with E-state index in [-0.39, 0.29) is 23.5 Å². The third kappa shape index (κ3) is 5.17. The van der Waals surface area contributed by atoms with Gasteiger partial charge in [0.1, 0.15) is 5.82 Å². The number of hydrogen-bond donors (Lipinski definition) is 1. The Morgan fingerprint density at radius 3 is 2.52 bits per heavy atom. The summed E-state index contributed by atoms with van der Waals surface area (Å²) in [6, 6.07) is 13.9. The van der Waals surface area contributed by atoms with Gasteiger partial charge in [-0.2, -0.15) is 0 Å². The molecule has 2 aromatic carbocycles. The Morgan fingerprint density at radius 1 is 1.15 bits per heavy atom. The van der Waals surface area contributed by atoms with Crippen molar-refractivity contribution in [1.29, 1.82) is 0 Å². The number of aryl methyl sites for hydroxylation is 1. The number of hydrogen-bond acceptors (Lipinski definition) is 5. The topological polar surface area (TPSA) is 68.0 Å². The van der Waals surface area contributed by atoms with Gasteiger partial charge in [0.05, 0.1) is 11.8 Å². The number of nitrogens with one attached hydrogen (secondary N) is 1. The molecular formula is C20H20FN3O2S. The summed E-state index contributed by atoms with van der Waals surface area (Å²) in [5, 5.41) is 11.2. The van der Waals surface area contributed by atoms with E-state index in [1.54, 1.807) is 12.1 Å². The first-order valence-corrected chi connectivity index (χ1v) is 9.62. The molecule has 3 aromatic rings. The van der Waals surface area contributed by atoms with Crippen LogP contribution in [0.3, 0.4) is 0 Å². The second kappa shape index (κ2) is 8.81. The zero-order valence-corrected chi connectivity index (χ0v) is 15.9. The van der Waals surface area contributed by atoms with Gasteiger partial charge in [0.2, 0.25) is 11.8 Å². The first-order chi connectivity index (χ1) is 13.0. The summed E-state index contributed by atoms with van der Waals surface area (Å²) in [6.07, 6.45) is 0.800. The number of carbonyl (C=O) groups excluding carboxylic acids is 1. The van der Waals surface area contributed by atoms with E-state index < -0.39 is 0 Å². The quantitative estimate of drug-likeness (QED) is 0.605. The highest BCUT2D eigenvalue weighted by Crippen LogP contribution is 2.24. The van der Waals surface area contributed by atoms with Gasteiger partial charge in [-0.25, -0.2) is 4.39 Å². The fourth-order valence-electron chi connectivity index (χ4n) is 2.56. The maximum atomic E-state index is 13.0. The molecule has 0 saturated carbocycles. The zero-order chi connectivity index (χ0) is 19.2. The van der Waals surface area contributed by atoms with Crippen LogP contribution < -0.4 is 5.32 Å². The van der Waals surface area contributed by atoms with Gasteiger partial charge in [0, 0.05) is 5.56 Å². The van der Waals surface area contributed by atoms with Crippen LogP contribution >= 0.6 is 11.8 Å². The molecule has 3 rings (SSSR count). The Labute approximate surface area is 161 Å². The average molecular weight is 385 g/mol. The van der Waals surface area contributed by atoms with Crippen molar-refractivity contribution in [3.8, 4) is 11.5 Å². The predicted octanol–water partition coefficient (Wildman–Crippen LogP) is 4.54. The first-order valence-electron chi connectivity index (χ1n) is 8.63. The van der Waals surface area contributed by atoms with E-state index in [4.69, 9.17) is 4.42 Å². The third-order valence-corrected chi connectivity index (χ3v) is 4.87. The monoisotopic (exact) mass is 385 g/mol. The minimum absolute atomic E-state index is 0.0313. The van der Waals surface area contributed by atoms with Gasteiger partial charge >= 0.3 is 0 Å². The lowest BCUT2D eigenvalue weighted by Gasteiger charge is -2.17. The summed E-state index contributed by atoms with van der Waals surface area (Å²) < 4.78 is 18.5. The highest BCUT2D eigenvalue weighted by atomic mass is 32.2. The van der Waals surface area contributed by atoms with E-state index in [1.165, 1.54) is 29.5 Å². The van der Waals surface area contributed by atoms with E-state index in [0.717, 1.165) is 12.0 Å². The van der Waals surface area contributed by atoms with Crippen LogP contribution in [0.4, 0.5) is 4.39 Å². The maximum absolute atomic E-state index is 13.0. The lowest BCUT2D eigenvalue weighted by molar-refractivity contribution is -0.119. The molecule has 27 heavy (non-hydrogen) atoms. The zero-order valence-electron chi connectivity index (χ0n) is 15.1. The highest BCUT2D eigenvalue weighted by molar-refractivity contribution is 7.99. The molecular weight excluding hydrogens is 365 g/mol. The Bertz CT molecular complexity index is 894. The molecule has 0 bridgehead atoms. The van der Waals surface area contributed by atoms with Crippen molar-refractivity contribution < 1.29 is 13.6 Å². The van der Waals surface area contributed by atoms with Crippen LogP contribution in [0.15, 0.2) is 58.2 Å². The average Bonchev–Trinajstić information content (AvgIpc) is 3.15. The number of rotatable bonds is 7. The van der Waals surface area contributed by atoms with E-state index in [0.29, 0.717) is 16.7 Å². The molecule has 0 saturated heterocycles. The van der Waals surface area contributed by atoms with Crippen LogP contribution in [0, 0.1) is 12.7 Å². The molecule has 5 nitrogen and oxygen atoms in total. The van der Waals surface area contributed by atoms with E-state index in [9.17, 15) is 9.18 Å². The molecule has 0 aliphatic heterocycles. The molecule has 140 valence electrons. The van der Waals surface area contributed by atoms with Gasteiger partial charge < -0.3 is 9.73 Å². The fourth-order valence-corrected chi connectivity index (χ4v) is 3.13. The van der Waals surface area contributed by atoms with Crippen LogP contribution in [0.25, 0.3) is 11.5 Å². The molecule has 0 fully saturated rings. The Balaban J connectivity index is 1.55. The van der Waals surface area contributed by atoms with Crippen LogP contribution in [0.5, 0.6) is 0 Å². The smallest absolute Gasteiger partial charge is 0.277 e. The number of thioether (sulfide) groups is 1. The third-order valence-electron chi connectivity index (χ3n) is 4.05. The van der Waals surface area contributed by atoms with Crippen LogP contribution in [-0.2, 0) is 4.79 Å². The Morgan fingerprint density at radius 2 is 1.85 bits per heavy atom. The van der Waals surface area contributed by atoms with Crippen LogP contribution in [0.1, 0.15) is 30.5 Å². The molecule has 7 heteroatoms. The summed E-state index contributed by atoms with van der Waals surface area (Å²) in [4.78, 5) is 12.3. The number of nitrogens with zero attached hydrogens (tertiary/aromatic N) is 2. The molecule has 1 heterocycles. The Kier molecular flexibility index (Phi) is 6.24. The van der Waals surface area contributed by atoms with Crippen molar-refractivity contribution in [2.45, 2.75) is 31.5 Å². The van der Waals surface area contributed by atoms with Crippen LogP contribution in [0.2, 0.25) is 0 Å². The van der Waals surface area contributed by atoms with Gasteiger partial charge in [0.25, 0.3) is 5.22 Å². The molecule has 0 spiro atoms. The summed E-state index contributed by atoms with van der Waals surface area (Å²) >= 11 is 1.17. The number of amides is 1. The van der Waals surface area contributed by atoms with Crippen molar-refractivity contribution in [1.82, 2.24) is 15.5 Å². The lowest BCUT2D eigenvalue weighted by Crippen LogP contribution is -2.29. The largest absolute Gasteiger partial charge is 0.411 e. The van der Waals surface area contributed by atoms with E-state index in [2.05, 4.69) is 15.5 Å². The van der Waals surface area contributed by atoms with E-state index in [1.807, 2.05) is 38.1 Å². The van der Waals surface area contributed by atoms with Gasteiger partial charge in [-0.3, -0.25) is 4.79 Å². The normalized spacial score (nSPS) is 12.0. The number of carbonyl (C=O) groups is 1. The first kappa shape index (κ1) is 19.1. The minimum atomic E-state index is -0.330. The number of halogens is 1. The van der Waals surface area contributed by atoms with Crippen molar-refractivity contribution in [2.24, 2.45) is 0 Å². The second-order valence-corrected chi connectivity index (χ2v) is 7.03. The maximum Gasteiger partial charge on any atom is 0.277 e. The summed E-state index contributed by atoms with van der Waals surface area (Å²) in [5.74, 6) is 0.0366. The molecule has 1 amide bonds. The molecule has 0 radical (unpaired) electrons. The Hall–Kier alpha value is -2.67. The molecule has 1 N–H and O–H groups in total. The number of aromatic nitrogens is 2. The summed E-state index contributed by atoms with van der Waals surface area (Å²) in [7, 11) is 0. The molecule has 1 aromatic heterocycles. The standard InChI is InChI=1S/C20H20FN3O2S/c1-3-17(14-6-4-13(2)5-7-14)22-18(25)12-27-20-24-23-19(26-20)15-8-10-16(21)11-9-15/h4-11,17H,3,12H2,1-2H3,(H,22,25)/t17-/m1/s1. The molecule has 0 aliphatic carbocycles. The minimum Gasteiger partial charge on any atom is -0.411 e. The highest BCUT2D eigenvalue weighted by Gasteiger charge is 2.15. The summed E-state index contributed by atoms with van der Waals surface area (Å²) in [6.45, 7) is 4.06. The number of benzene rings is 2. The molecule has 0 aliphatic rings. The molecule has 1 atom stereocenters. The van der Waals surface area contributed by atoms with Gasteiger partial charge in [-0.15, -0.1) is 10.2 Å². The van der Waals surface area contributed by atoms with Crippen molar-refractivity contribution in [3.05, 3.63) is 65.5 Å². The van der Waals surface area contributed by atoms with Gasteiger partial charge in [0.15, 0.2) is 0 Å². The van der Waals surface area contributed by atoms with Crippen molar-refractivity contribution in [3.63, 3.8) is 0 Å². The van der Waals surface area contributed by atoms with Crippen LogP contribution in [-0.4, -0.2) is 21.9 Å². The molecule has 0 unspecified atom stereocenters. The SMILES string of the molecule is CC[C@@H](NC(=O)CSc1nnc(-c2ccc(F)cc2)o1)c1ccc(C)cc1. The fraction of sp³-hybridized carbons (Fsp3) is 0.250. The van der Waals surface area contributed by atoms with Gasteiger partial charge in [-0.05, 0) is 43.2 Å².